The molecule has 6 atom stereocenters. The fraction of sp³-hybridized carbons (Fsp3) is 0.238. The smallest absolute Gasteiger partial charge is 0.238 e. The molecule has 0 spiro atoms. The summed E-state index contributed by atoms with van der Waals surface area (Å²) in [5.41, 5.74) is 2.45. The van der Waals surface area contributed by atoms with Crippen molar-refractivity contribution in [3.8, 4) is 11.5 Å². The molecule has 1 saturated carbocycles. The van der Waals surface area contributed by atoms with Gasteiger partial charge in [-0.1, -0.05) is 96.6 Å². The van der Waals surface area contributed by atoms with Crippen LogP contribution in [-0.2, 0) is 24.6 Å². The highest BCUT2D eigenvalue weighted by Crippen LogP contribution is 2.64. The Hall–Kier alpha value is -5.56. The van der Waals surface area contributed by atoms with Crippen LogP contribution in [0.1, 0.15) is 42.4 Å². The van der Waals surface area contributed by atoms with E-state index in [4.69, 9.17) is 4.74 Å². The lowest BCUT2D eigenvalue weighted by Crippen LogP contribution is -2.58. The number of hydrogen-bond acceptors (Lipinski definition) is 6. The number of anilines is 1. The van der Waals surface area contributed by atoms with Gasteiger partial charge in [0.25, 0.3) is 0 Å². The van der Waals surface area contributed by atoms with Crippen LogP contribution in [0.15, 0.2) is 127 Å². The maximum absolute atomic E-state index is 15.1. The van der Waals surface area contributed by atoms with Gasteiger partial charge in [-0.05, 0) is 72.7 Å². The number of imide groups is 1. The topological polar surface area (TPSA) is 101 Å². The molecule has 49 heavy (non-hydrogen) atoms. The summed E-state index contributed by atoms with van der Waals surface area (Å²) in [6, 6.07) is 32.7. The molecule has 0 radical (unpaired) electrons. The lowest BCUT2D eigenvalue weighted by Gasteiger charge is -2.55. The number of ether oxygens (including phenoxy) is 1. The fourth-order valence-electron chi connectivity index (χ4n) is 9.06. The average molecular weight is 650 g/mol. The molecule has 3 aliphatic carbocycles. The fourth-order valence-corrected chi connectivity index (χ4v) is 9.06. The first-order valence-electron chi connectivity index (χ1n) is 16.9. The minimum absolute atomic E-state index is 0.0339. The van der Waals surface area contributed by atoms with Crippen LogP contribution >= 0.6 is 0 Å². The van der Waals surface area contributed by atoms with Gasteiger partial charge >= 0.3 is 0 Å². The van der Waals surface area contributed by atoms with Gasteiger partial charge in [-0.15, -0.1) is 0 Å². The number of carbonyl (C=O) groups is 4. The first-order chi connectivity index (χ1) is 23.9. The van der Waals surface area contributed by atoms with E-state index in [2.05, 4.69) is 0 Å². The molecule has 4 aliphatic rings. The van der Waals surface area contributed by atoms with Crippen molar-refractivity contribution in [3.05, 3.63) is 144 Å². The van der Waals surface area contributed by atoms with E-state index in [1.54, 1.807) is 42.5 Å². The molecule has 1 N–H and O–H groups in total. The number of carbonyl (C=O) groups excluding carboxylic acids is 4. The number of ketones is 2. The molecule has 0 bridgehead atoms. The summed E-state index contributed by atoms with van der Waals surface area (Å²) in [5.74, 6) is -3.92. The van der Waals surface area contributed by atoms with E-state index in [1.165, 1.54) is 11.0 Å². The molecule has 0 unspecified atom stereocenters. The molecule has 1 aliphatic heterocycles. The lowest BCUT2D eigenvalue weighted by molar-refractivity contribution is -0.135. The van der Waals surface area contributed by atoms with E-state index in [-0.39, 0.29) is 41.3 Å². The first-order valence-corrected chi connectivity index (χ1v) is 16.9. The molecule has 7 nitrogen and oxygen atoms in total. The number of Topliss-reactive ketones (excluding diaryl/α,β-unsaturated/α-hetero) is 1. The molecule has 244 valence electrons. The van der Waals surface area contributed by atoms with Gasteiger partial charge in [0.2, 0.25) is 11.8 Å². The Labute approximate surface area is 284 Å². The SMILES string of the molecule is CCOc1cc([C@H]2C3=CC[C@@H]4C(=O)N(c5ccccc5)C(=O)[C@@H]4[C@@H]3C[C@H]3C(=O)C(c4ccccc4)=CC(=O)[C@@]23c2ccccc2)ccc1O. The molecular formula is C42H35NO6. The normalized spacial score (nSPS) is 27.5. The molecule has 4 aromatic carbocycles. The number of amides is 2. The quantitative estimate of drug-likeness (QED) is 0.182. The summed E-state index contributed by atoms with van der Waals surface area (Å²) >= 11 is 0. The molecular weight excluding hydrogens is 614 g/mol. The molecule has 2 fully saturated rings. The Morgan fingerprint density at radius 2 is 1.49 bits per heavy atom. The maximum Gasteiger partial charge on any atom is 0.238 e. The second-order valence-corrected chi connectivity index (χ2v) is 13.3. The standard InChI is InChI=1S/C42H35NO6/c1-2-49-35-22-26(18-21-34(35)44)38-29-19-20-30-37(41(48)43(40(30)47)28-16-10-5-11-17-28)32(29)23-33-39(46)31(25-12-6-3-7-13-25)24-36(45)42(33,38)27-14-8-4-9-15-27/h3-19,21-22,24,30,32-33,37-38,44H,2,20,23H2,1H3/t30-,32+,33-,37-,38-,42-/m0/s1. The van der Waals surface area contributed by atoms with E-state index in [9.17, 15) is 14.7 Å². The van der Waals surface area contributed by atoms with E-state index in [0.29, 0.717) is 41.0 Å². The van der Waals surface area contributed by atoms with Crippen molar-refractivity contribution in [1.29, 1.82) is 0 Å². The van der Waals surface area contributed by atoms with Crippen LogP contribution in [-0.4, -0.2) is 35.1 Å². The largest absolute Gasteiger partial charge is 0.504 e. The van der Waals surface area contributed by atoms with Gasteiger partial charge in [0.05, 0.1) is 29.5 Å². The van der Waals surface area contributed by atoms with Crippen LogP contribution in [0.5, 0.6) is 11.5 Å². The van der Waals surface area contributed by atoms with E-state index in [1.807, 2.05) is 79.7 Å². The van der Waals surface area contributed by atoms with Crippen molar-refractivity contribution in [2.75, 3.05) is 11.5 Å². The first kappa shape index (κ1) is 30.8. The number of hydrogen-bond donors (Lipinski definition) is 1. The molecule has 1 heterocycles. The molecule has 1 saturated heterocycles. The molecule has 0 aromatic heterocycles. The van der Waals surface area contributed by atoms with Crippen molar-refractivity contribution >= 4 is 34.6 Å². The number of fused-ring (bicyclic) bond motifs is 4. The Balaban J connectivity index is 1.37. The third-order valence-electron chi connectivity index (χ3n) is 11.0. The van der Waals surface area contributed by atoms with Crippen LogP contribution in [0.25, 0.3) is 5.57 Å². The van der Waals surface area contributed by atoms with Gasteiger partial charge in [0, 0.05) is 17.4 Å². The number of phenolic OH excluding ortho intramolecular Hbond substituents is 1. The summed E-state index contributed by atoms with van der Waals surface area (Å²) in [6.45, 7) is 2.14. The maximum atomic E-state index is 15.1. The predicted molar refractivity (Wildman–Crippen MR) is 185 cm³/mol. The highest BCUT2D eigenvalue weighted by molar-refractivity contribution is 6.32. The minimum Gasteiger partial charge on any atom is -0.504 e. The van der Waals surface area contributed by atoms with Gasteiger partial charge in [0.1, 0.15) is 0 Å². The van der Waals surface area contributed by atoms with Crippen LogP contribution in [0.2, 0.25) is 0 Å². The summed E-state index contributed by atoms with van der Waals surface area (Å²) in [4.78, 5) is 59.8. The van der Waals surface area contributed by atoms with E-state index < -0.39 is 35.0 Å². The van der Waals surface area contributed by atoms with Crippen molar-refractivity contribution in [2.24, 2.45) is 23.7 Å². The lowest BCUT2D eigenvalue weighted by atomic mass is 9.44. The summed E-state index contributed by atoms with van der Waals surface area (Å²) in [5, 5.41) is 10.7. The highest BCUT2D eigenvalue weighted by Gasteiger charge is 2.66. The van der Waals surface area contributed by atoms with Gasteiger partial charge in [-0.2, -0.15) is 0 Å². The van der Waals surface area contributed by atoms with Crippen molar-refractivity contribution in [1.82, 2.24) is 0 Å². The van der Waals surface area contributed by atoms with E-state index in [0.717, 1.165) is 5.57 Å². The third-order valence-corrected chi connectivity index (χ3v) is 11.0. The molecule has 4 aromatic rings. The molecule has 2 amide bonds. The Bertz CT molecular complexity index is 2050. The Morgan fingerprint density at radius 1 is 0.816 bits per heavy atom. The second kappa shape index (κ2) is 11.8. The summed E-state index contributed by atoms with van der Waals surface area (Å²) < 4.78 is 5.83. The number of allylic oxidation sites excluding steroid dienone is 4. The zero-order valence-electron chi connectivity index (χ0n) is 27.0. The number of para-hydroxylation sites is 1. The third kappa shape index (κ3) is 4.55. The zero-order valence-corrected chi connectivity index (χ0v) is 27.0. The van der Waals surface area contributed by atoms with E-state index >= 15 is 9.59 Å². The second-order valence-electron chi connectivity index (χ2n) is 13.3. The minimum atomic E-state index is -1.35. The molecule has 8 rings (SSSR count). The number of nitrogens with zero attached hydrogens (tertiary/aromatic N) is 1. The van der Waals surface area contributed by atoms with Crippen LogP contribution in [0.3, 0.4) is 0 Å². The summed E-state index contributed by atoms with van der Waals surface area (Å²) in [7, 11) is 0. The highest BCUT2D eigenvalue weighted by atomic mass is 16.5. The average Bonchev–Trinajstić information content (AvgIpc) is 3.40. The van der Waals surface area contributed by atoms with Gasteiger partial charge < -0.3 is 9.84 Å². The van der Waals surface area contributed by atoms with Gasteiger partial charge in [0.15, 0.2) is 23.1 Å². The monoisotopic (exact) mass is 649 g/mol. The van der Waals surface area contributed by atoms with Crippen LogP contribution in [0, 0.1) is 23.7 Å². The van der Waals surface area contributed by atoms with Crippen molar-refractivity contribution in [2.45, 2.75) is 31.1 Å². The zero-order chi connectivity index (χ0) is 33.9. The van der Waals surface area contributed by atoms with Gasteiger partial charge in [-0.3, -0.25) is 24.1 Å². The van der Waals surface area contributed by atoms with Crippen LogP contribution in [0.4, 0.5) is 5.69 Å². The predicted octanol–water partition coefficient (Wildman–Crippen LogP) is 6.82. The summed E-state index contributed by atoms with van der Waals surface area (Å²) in [6.07, 6.45) is 4.11. The number of benzene rings is 4. The van der Waals surface area contributed by atoms with Crippen molar-refractivity contribution in [3.63, 3.8) is 0 Å². The Morgan fingerprint density at radius 3 is 2.18 bits per heavy atom. The van der Waals surface area contributed by atoms with Crippen LogP contribution < -0.4 is 9.64 Å². The van der Waals surface area contributed by atoms with Gasteiger partial charge in [-0.25, -0.2) is 0 Å². The molecule has 7 heteroatoms. The van der Waals surface area contributed by atoms with Crippen molar-refractivity contribution < 1.29 is 29.0 Å². The number of aromatic hydroxyl groups is 1. The Kier molecular flexibility index (Phi) is 7.43. The number of phenols is 1. The number of rotatable bonds is 6.